The van der Waals surface area contributed by atoms with Crippen molar-refractivity contribution >= 4 is 5.97 Å². The van der Waals surface area contributed by atoms with E-state index in [9.17, 15) is 23.1 Å². The number of carboxylic acid groups (broad SMARTS) is 1. The van der Waals surface area contributed by atoms with Crippen LogP contribution in [0.4, 0.5) is 13.2 Å². The molecule has 4 nitrogen and oxygen atoms in total. The highest BCUT2D eigenvalue weighted by Gasteiger charge is 2.32. The van der Waals surface area contributed by atoms with Gasteiger partial charge in [-0.25, -0.2) is 4.79 Å². The third-order valence-corrected chi connectivity index (χ3v) is 3.81. The molecule has 0 saturated carbocycles. The van der Waals surface area contributed by atoms with Gasteiger partial charge in [0, 0.05) is 17.3 Å². The average Bonchev–Trinajstić information content (AvgIpc) is 2.61. The molecule has 3 aromatic rings. The van der Waals surface area contributed by atoms with E-state index in [4.69, 9.17) is 0 Å². The molecular formula is C20H14F3NO3. The largest absolute Gasteiger partial charge is 0.573 e. The zero-order valence-corrected chi connectivity index (χ0v) is 14.1. The first kappa shape index (κ1) is 18.4. The van der Waals surface area contributed by atoms with Gasteiger partial charge < -0.3 is 9.84 Å². The normalized spacial score (nSPS) is 11.3. The van der Waals surface area contributed by atoms with Crippen molar-refractivity contribution in [2.24, 2.45) is 0 Å². The highest BCUT2D eigenvalue weighted by atomic mass is 19.4. The second kappa shape index (κ2) is 7.11. The number of pyridine rings is 1. The molecule has 7 heteroatoms. The Morgan fingerprint density at radius 3 is 2.37 bits per heavy atom. The van der Waals surface area contributed by atoms with Gasteiger partial charge in [0.05, 0.1) is 11.3 Å². The molecule has 1 N–H and O–H groups in total. The first-order valence-electron chi connectivity index (χ1n) is 7.89. The van der Waals surface area contributed by atoms with Crippen LogP contribution in [0.3, 0.4) is 0 Å². The van der Waals surface area contributed by atoms with Gasteiger partial charge in [-0.1, -0.05) is 24.3 Å². The molecule has 0 bridgehead atoms. The van der Waals surface area contributed by atoms with E-state index in [1.165, 1.54) is 30.3 Å². The summed E-state index contributed by atoms with van der Waals surface area (Å²) in [5, 5.41) is 9.40. The predicted molar refractivity (Wildman–Crippen MR) is 93.5 cm³/mol. The Morgan fingerprint density at radius 1 is 1.04 bits per heavy atom. The summed E-state index contributed by atoms with van der Waals surface area (Å²) in [7, 11) is 0. The monoisotopic (exact) mass is 373 g/mol. The van der Waals surface area contributed by atoms with Crippen LogP contribution in [-0.4, -0.2) is 22.4 Å². The van der Waals surface area contributed by atoms with E-state index in [0.717, 1.165) is 5.56 Å². The number of nitrogens with zero attached hydrogens (tertiary/aromatic N) is 1. The Balaban J connectivity index is 2.16. The number of carboxylic acids is 1. The van der Waals surface area contributed by atoms with Crippen molar-refractivity contribution < 1.29 is 27.8 Å². The van der Waals surface area contributed by atoms with Gasteiger partial charge in [0.25, 0.3) is 0 Å². The summed E-state index contributed by atoms with van der Waals surface area (Å²) in [5.41, 5.74) is 2.27. The fourth-order valence-electron chi connectivity index (χ4n) is 2.61. The second-order valence-electron chi connectivity index (χ2n) is 5.87. The number of hydrogen-bond acceptors (Lipinski definition) is 3. The molecule has 27 heavy (non-hydrogen) atoms. The zero-order chi connectivity index (χ0) is 19.6. The van der Waals surface area contributed by atoms with Gasteiger partial charge in [-0.2, -0.15) is 0 Å². The Kier molecular flexibility index (Phi) is 4.85. The quantitative estimate of drug-likeness (QED) is 0.672. The fraction of sp³-hybridized carbons (Fsp3) is 0.100. The highest BCUT2D eigenvalue weighted by Crippen LogP contribution is 2.36. The van der Waals surface area contributed by atoms with E-state index in [0.29, 0.717) is 11.3 Å². The zero-order valence-electron chi connectivity index (χ0n) is 14.1. The van der Waals surface area contributed by atoms with Crippen LogP contribution in [0.1, 0.15) is 15.9 Å². The van der Waals surface area contributed by atoms with E-state index < -0.39 is 18.1 Å². The second-order valence-corrected chi connectivity index (χ2v) is 5.87. The summed E-state index contributed by atoms with van der Waals surface area (Å²) in [6.45, 7) is 1.86. The number of alkyl halides is 3. The van der Waals surface area contributed by atoms with Crippen LogP contribution in [0.25, 0.3) is 22.4 Å². The minimum Gasteiger partial charge on any atom is -0.478 e. The van der Waals surface area contributed by atoms with Crippen LogP contribution in [-0.2, 0) is 0 Å². The number of benzene rings is 2. The lowest BCUT2D eigenvalue weighted by Crippen LogP contribution is -2.17. The Bertz CT molecular complexity index is 983. The Morgan fingerprint density at radius 2 is 1.74 bits per heavy atom. The minimum atomic E-state index is -4.86. The first-order valence-corrected chi connectivity index (χ1v) is 7.89. The minimum absolute atomic E-state index is 0.0633. The maximum atomic E-state index is 12.7. The SMILES string of the molecule is Cc1ccc(-c2cc(C(=O)O)cc(-c3ccccc3OC(F)(F)F)c2)nc1. The molecule has 0 amide bonds. The molecule has 2 aromatic carbocycles. The Hall–Kier alpha value is -3.35. The fourth-order valence-corrected chi connectivity index (χ4v) is 2.61. The van der Waals surface area contributed by atoms with Crippen molar-refractivity contribution in [3.8, 4) is 28.1 Å². The molecule has 0 aliphatic heterocycles. The van der Waals surface area contributed by atoms with Crippen LogP contribution < -0.4 is 4.74 Å². The number of aryl methyl sites for hydroxylation is 1. The molecule has 0 unspecified atom stereocenters. The average molecular weight is 373 g/mol. The standard InChI is InChI=1S/C20H14F3NO3/c1-12-6-7-17(24-11-12)14-8-13(9-15(10-14)19(25)26)16-4-2-3-5-18(16)27-20(21,22)23/h2-11H,1H3,(H,25,26). The molecule has 138 valence electrons. The molecule has 0 aliphatic carbocycles. The van der Waals surface area contributed by atoms with E-state index in [2.05, 4.69) is 9.72 Å². The van der Waals surface area contributed by atoms with Crippen molar-refractivity contribution in [2.45, 2.75) is 13.3 Å². The van der Waals surface area contributed by atoms with Gasteiger partial charge in [0.15, 0.2) is 0 Å². The number of aromatic carboxylic acids is 1. The van der Waals surface area contributed by atoms with Crippen molar-refractivity contribution in [2.75, 3.05) is 0 Å². The maximum absolute atomic E-state index is 12.7. The molecule has 0 aliphatic rings. The predicted octanol–water partition coefficient (Wildman–Crippen LogP) is 5.32. The van der Waals surface area contributed by atoms with Crippen molar-refractivity contribution in [3.05, 3.63) is 71.9 Å². The number of hydrogen-bond donors (Lipinski definition) is 1. The molecule has 1 aromatic heterocycles. The summed E-state index contributed by atoms with van der Waals surface area (Å²) in [6, 6.07) is 13.4. The van der Waals surface area contributed by atoms with Gasteiger partial charge in [-0.3, -0.25) is 4.98 Å². The van der Waals surface area contributed by atoms with Crippen molar-refractivity contribution in [3.63, 3.8) is 0 Å². The van der Waals surface area contributed by atoms with Gasteiger partial charge in [0.2, 0.25) is 0 Å². The van der Waals surface area contributed by atoms with Gasteiger partial charge in [-0.15, -0.1) is 13.2 Å². The topological polar surface area (TPSA) is 59.4 Å². The van der Waals surface area contributed by atoms with Crippen molar-refractivity contribution in [1.82, 2.24) is 4.98 Å². The summed E-state index contributed by atoms with van der Waals surface area (Å²) < 4.78 is 42.2. The molecule has 0 radical (unpaired) electrons. The lowest BCUT2D eigenvalue weighted by molar-refractivity contribution is -0.274. The number of aromatic nitrogens is 1. The number of para-hydroxylation sites is 1. The number of rotatable bonds is 4. The van der Waals surface area contributed by atoms with E-state index in [1.807, 2.05) is 13.0 Å². The van der Waals surface area contributed by atoms with E-state index >= 15 is 0 Å². The molecule has 0 spiro atoms. The third-order valence-electron chi connectivity index (χ3n) is 3.81. The summed E-state index contributed by atoms with van der Waals surface area (Å²) >= 11 is 0. The van der Waals surface area contributed by atoms with Crippen LogP contribution in [0.5, 0.6) is 5.75 Å². The highest BCUT2D eigenvalue weighted by molar-refractivity contribution is 5.92. The molecular weight excluding hydrogens is 359 g/mol. The molecule has 1 heterocycles. The summed E-state index contributed by atoms with van der Waals surface area (Å²) in [6.07, 6.45) is -3.23. The molecule has 0 saturated heterocycles. The van der Waals surface area contributed by atoms with E-state index in [1.54, 1.807) is 24.4 Å². The van der Waals surface area contributed by atoms with Crippen LogP contribution in [0.15, 0.2) is 60.8 Å². The Labute approximate surface area is 152 Å². The summed E-state index contributed by atoms with van der Waals surface area (Å²) in [5.74, 6) is -1.60. The molecule has 0 atom stereocenters. The van der Waals surface area contributed by atoms with Crippen LogP contribution >= 0.6 is 0 Å². The summed E-state index contributed by atoms with van der Waals surface area (Å²) in [4.78, 5) is 15.8. The molecule has 3 rings (SSSR count). The van der Waals surface area contributed by atoms with Gasteiger partial charge in [-0.05, 0) is 48.4 Å². The number of carbonyl (C=O) groups is 1. The lowest BCUT2D eigenvalue weighted by atomic mass is 9.97. The number of ether oxygens (including phenoxy) is 1. The van der Waals surface area contributed by atoms with Crippen LogP contribution in [0, 0.1) is 6.92 Å². The van der Waals surface area contributed by atoms with Gasteiger partial charge >= 0.3 is 12.3 Å². The van der Waals surface area contributed by atoms with Crippen LogP contribution in [0.2, 0.25) is 0 Å². The smallest absolute Gasteiger partial charge is 0.478 e. The van der Waals surface area contributed by atoms with Gasteiger partial charge in [0.1, 0.15) is 5.75 Å². The third kappa shape index (κ3) is 4.44. The lowest BCUT2D eigenvalue weighted by Gasteiger charge is -2.14. The van der Waals surface area contributed by atoms with E-state index in [-0.39, 0.29) is 16.7 Å². The molecule has 0 fully saturated rings. The number of halogens is 3. The first-order chi connectivity index (χ1) is 12.7. The van der Waals surface area contributed by atoms with Crippen molar-refractivity contribution in [1.29, 1.82) is 0 Å². The maximum Gasteiger partial charge on any atom is 0.573 e.